The highest BCUT2D eigenvalue weighted by Crippen LogP contribution is 2.45. The van der Waals surface area contributed by atoms with Gasteiger partial charge in [0, 0.05) is 32.0 Å². The molecule has 1 saturated carbocycles. The number of alkyl halides is 3. The van der Waals surface area contributed by atoms with Gasteiger partial charge in [-0.2, -0.15) is 13.2 Å². The van der Waals surface area contributed by atoms with E-state index < -0.39 is 30.4 Å². The van der Waals surface area contributed by atoms with Crippen molar-refractivity contribution in [3.63, 3.8) is 0 Å². The number of halogens is 3. The fourth-order valence-electron chi connectivity index (χ4n) is 5.81. The molecule has 4 aliphatic rings. The van der Waals surface area contributed by atoms with Crippen LogP contribution in [0, 0.1) is 11.8 Å². The number of benzene rings is 1. The Kier molecular flexibility index (Phi) is 9.28. The molecular formula is C28H37F3O7. The molecule has 1 N–H and O–H groups in total. The minimum Gasteiger partial charge on any atom is -0.491 e. The molecule has 1 aromatic rings. The van der Waals surface area contributed by atoms with Crippen molar-refractivity contribution in [1.82, 2.24) is 0 Å². The Morgan fingerprint density at radius 3 is 2.50 bits per heavy atom. The summed E-state index contributed by atoms with van der Waals surface area (Å²) in [5.41, 5.74) is -0.764. The van der Waals surface area contributed by atoms with Crippen LogP contribution in [-0.2, 0) is 29.9 Å². The molecule has 0 amide bonds. The molecule has 3 unspecified atom stereocenters. The lowest BCUT2D eigenvalue weighted by molar-refractivity contribution is -0.196. The molecule has 3 aliphatic heterocycles. The highest BCUT2D eigenvalue weighted by Gasteiger charge is 2.49. The van der Waals surface area contributed by atoms with E-state index >= 15 is 0 Å². The number of ether oxygens (including phenoxy) is 6. The Hall–Kier alpha value is -1.69. The minimum atomic E-state index is -4.45. The second-order valence-electron chi connectivity index (χ2n) is 10.5. The fourth-order valence-corrected chi connectivity index (χ4v) is 5.81. The maximum absolute atomic E-state index is 13.2. The third-order valence-electron chi connectivity index (χ3n) is 7.72. The van der Waals surface area contributed by atoms with Crippen LogP contribution in [0.2, 0.25) is 0 Å². The third-order valence-corrected chi connectivity index (χ3v) is 7.72. The predicted molar refractivity (Wildman–Crippen MR) is 130 cm³/mol. The van der Waals surface area contributed by atoms with Gasteiger partial charge in [0.1, 0.15) is 18.5 Å². The van der Waals surface area contributed by atoms with Gasteiger partial charge in [-0.15, -0.1) is 0 Å². The standard InChI is InChI=1S/C28H37F3O7/c29-28(30,31)18-6-5-7-19(14-18)35-17-20(36-26-8-1-3-12-33-26)10-11-21-22-15-25(32)37-24(22)16-23(21)38-27-9-2-4-13-34-27/h5-7,10-11,14,20-27,32H,1-4,8-9,12-13,15-17H2/b11-10+/t20-,21-,22-,23-,24+,25?,26?,27?/m1/s1. The van der Waals surface area contributed by atoms with E-state index in [1.807, 2.05) is 12.2 Å². The zero-order valence-corrected chi connectivity index (χ0v) is 21.4. The predicted octanol–water partition coefficient (Wildman–Crippen LogP) is 5.21. The van der Waals surface area contributed by atoms with Crippen LogP contribution in [0.1, 0.15) is 56.9 Å². The van der Waals surface area contributed by atoms with E-state index in [2.05, 4.69) is 0 Å². The van der Waals surface area contributed by atoms with Crippen molar-refractivity contribution in [2.45, 2.75) is 94.7 Å². The highest BCUT2D eigenvalue weighted by atomic mass is 19.4. The van der Waals surface area contributed by atoms with Crippen molar-refractivity contribution in [2.75, 3.05) is 19.8 Å². The molecule has 0 radical (unpaired) electrons. The second kappa shape index (κ2) is 12.7. The van der Waals surface area contributed by atoms with Gasteiger partial charge in [0.15, 0.2) is 18.9 Å². The maximum atomic E-state index is 13.2. The van der Waals surface area contributed by atoms with Gasteiger partial charge in [0.05, 0.1) is 17.8 Å². The average molecular weight is 543 g/mol. The first kappa shape index (κ1) is 27.9. The summed E-state index contributed by atoms with van der Waals surface area (Å²) in [6.07, 6.45) is 4.05. The Balaban J connectivity index is 1.29. The largest absolute Gasteiger partial charge is 0.491 e. The number of hydrogen-bond acceptors (Lipinski definition) is 7. The van der Waals surface area contributed by atoms with Crippen LogP contribution in [0.15, 0.2) is 36.4 Å². The van der Waals surface area contributed by atoms with Crippen molar-refractivity contribution >= 4 is 0 Å². The summed E-state index contributed by atoms with van der Waals surface area (Å²) >= 11 is 0. The second-order valence-corrected chi connectivity index (χ2v) is 10.5. The normalized spacial score (nSPS) is 34.9. The van der Waals surface area contributed by atoms with Gasteiger partial charge in [-0.3, -0.25) is 0 Å². The van der Waals surface area contributed by atoms with E-state index in [9.17, 15) is 18.3 Å². The zero-order valence-electron chi connectivity index (χ0n) is 21.4. The van der Waals surface area contributed by atoms with Crippen LogP contribution in [0.3, 0.4) is 0 Å². The Bertz CT molecular complexity index is 914. The molecule has 1 aliphatic carbocycles. The first-order chi connectivity index (χ1) is 18.3. The van der Waals surface area contributed by atoms with Gasteiger partial charge >= 0.3 is 6.18 Å². The highest BCUT2D eigenvalue weighted by molar-refractivity contribution is 5.30. The minimum absolute atomic E-state index is 0.0227. The van der Waals surface area contributed by atoms with Crippen molar-refractivity contribution in [3.8, 4) is 5.75 Å². The zero-order chi connectivity index (χ0) is 26.5. The summed E-state index contributed by atoms with van der Waals surface area (Å²) in [4.78, 5) is 0. The average Bonchev–Trinajstić information content (AvgIpc) is 3.42. The van der Waals surface area contributed by atoms with Crippen LogP contribution in [0.5, 0.6) is 5.75 Å². The van der Waals surface area contributed by atoms with Crippen LogP contribution < -0.4 is 4.74 Å². The summed E-state index contributed by atoms with van der Waals surface area (Å²) < 4.78 is 75.0. The monoisotopic (exact) mass is 542 g/mol. The molecule has 38 heavy (non-hydrogen) atoms. The Labute approximate surface area is 221 Å². The lowest BCUT2D eigenvalue weighted by Gasteiger charge is -2.30. The van der Waals surface area contributed by atoms with E-state index in [1.165, 1.54) is 12.1 Å². The van der Waals surface area contributed by atoms with Gasteiger partial charge in [0.25, 0.3) is 0 Å². The molecule has 3 saturated heterocycles. The summed E-state index contributed by atoms with van der Waals surface area (Å²) in [5, 5.41) is 10.1. The molecular weight excluding hydrogens is 505 g/mol. The topological polar surface area (TPSA) is 75.6 Å². The number of aliphatic hydroxyl groups excluding tert-OH is 1. The molecule has 7 nitrogen and oxygen atoms in total. The number of hydrogen-bond donors (Lipinski definition) is 1. The summed E-state index contributed by atoms with van der Waals surface area (Å²) in [7, 11) is 0. The molecule has 0 aromatic heterocycles. The fraction of sp³-hybridized carbons (Fsp3) is 0.714. The molecule has 0 spiro atoms. The van der Waals surface area contributed by atoms with Crippen LogP contribution in [-0.4, -0.2) is 62.1 Å². The Morgan fingerprint density at radius 2 is 1.79 bits per heavy atom. The molecule has 4 fully saturated rings. The molecule has 8 atom stereocenters. The molecule has 3 heterocycles. The summed E-state index contributed by atoms with van der Waals surface area (Å²) in [6, 6.07) is 4.83. The molecule has 5 rings (SSSR count). The lowest BCUT2D eigenvalue weighted by atomic mass is 9.91. The molecule has 10 heteroatoms. The summed E-state index contributed by atoms with van der Waals surface area (Å²) in [6.45, 7) is 1.31. The Morgan fingerprint density at radius 1 is 1.03 bits per heavy atom. The van der Waals surface area contributed by atoms with Crippen LogP contribution in [0.4, 0.5) is 13.2 Å². The van der Waals surface area contributed by atoms with E-state index in [4.69, 9.17) is 28.4 Å². The SMILES string of the molecule is OC1C[C@@H]2[C@@H](/C=C/[C@H](COc3cccc(C(F)(F)F)c3)OC3CCCCO3)[C@H](OC3CCCCO3)C[C@@H]2O1. The lowest BCUT2D eigenvalue weighted by Crippen LogP contribution is -2.32. The first-order valence-corrected chi connectivity index (χ1v) is 13.7. The third kappa shape index (κ3) is 7.28. The van der Waals surface area contributed by atoms with Gasteiger partial charge < -0.3 is 33.5 Å². The van der Waals surface area contributed by atoms with Crippen LogP contribution in [0.25, 0.3) is 0 Å². The van der Waals surface area contributed by atoms with Gasteiger partial charge in [-0.05, 0) is 62.6 Å². The molecule has 212 valence electrons. The summed E-state index contributed by atoms with van der Waals surface area (Å²) in [5.74, 6) is 0.177. The van der Waals surface area contributed by atoms with Crippen molar-refractivity contribution in [3.05, 3.63) is 42.0 Å². The number of rotatable bonds is 9. The molecule has 0 bridgehead atoms. The van der Waals surface area contributed by atoms with E-state index in [0.29, 0.717) is 26.1 Å². The van der Waals surface area contributed by atoms with Gasteiger partial charge in [-0.1, -0.05) is 18.2 Å². The van der Waals surface area contributed by atoms with E-state index in [0.717, 1.165) is 50.7 Å². The smallest absolute Gasteiger partial charge is 0.416 e. The van der Waals surface area contributed by atoms with Crippen molar-refractivity contribution < 1.29 is 46.7 Å². The van der Waals surface area contributed by atoms with E-state index in [1.54, 1.807) is 0 Å². The van der Waals surface area contributed by atoms with Crippen molar-refractivity contribution in [2.24, 2.45) is 11.8 Å². The maximum Gasteiger partial charge on any atom is 0.416 e. The van der Waals surface area contributed by atoms with Gasteiger partial charge in [0.2, 0.25) is 0 Å². The van der Waals surface area contributed by atoms with Crippen molar-refractivity contribution in [1.29, 1.82) is 0 Å². The number of fused-ring (bicyclic) bond motifs is 1. The van der Waals surface area contributed by atoms with E-state index in [-0.39, 0.29) is 42.7 Å². The first-order valence-electron chi connectivity index (χ1n) is 13.7. The number of aliphatic hydroxyl groups is 1. The van der Waals surface area contributed by atoms with Crippen LogP contribution >= 0.6 is 0 Å². The molecule has 1 aromatic carbocycles. The quantitative estimate of drug-likeness (QED) is 0.430. The van der Waals surface area contributed by atoms with Gasteiger partial charge in [-0.25, -0.2) is 0 Å².